The van der Waals surface area contributed by atoms with Crippen LogP contribution in [0.5, 0.6) is 0 Å². The van der Waals surface area contributed by atoms with Crippen LogP contribution in [0.2, 0.25) is 0 Å². The van der Waals surface area contributed by atoms with Crippen LogP contribution in [0.25, 0.3) is 0 Å². The highest BCUT2D eigenvalue weighted by Crippen LogP contribution is 2.35. The molecule has 0 saturated carbocycles. The molecule has 0 fully saturated rings. The van der Waals surface area contributed by atoms with E-state index in [-0.39, 0.29) is 0 Å². The van der Waals surface area contributed by atoms with Gasteiger partial charge >= 0.3 is 0 Å². The van der Waals surface area contributed by atoms with Crippen LogP contribution < -0.4 is 5.32 Å². The lowest BCUT2D eigenvalue weighted by Gasteiger charge is -2.14. The Bertz CT molecular complexity index is 553. The molecule has 1 nitrogen and oxygen atoms in total. The van der Waals surface area contributed by atoms with Crippen molar-refractivity contribution in [3.05, 3.63) is 54.8 Å². The van der Waals surface area contributed by atoms with Gasteiger partial charge < -0.3 is 5.32 Å². The van der Waals surface area contributed by atoms with Gasteiger partial charge in [0, 0.05) is 25.1 Å². The second-order valence-electron chi connectivity index (χ2n) is 5.07. The van der Waals surface area contributed by atoms with Gasteiger partial charge in [0.15, 0.2) is 0 Å². The van der Waals surface area contributed by atoms with E-state index in [4.69, 9.17) is 0 Å². The van der Waals surface area contributed by atoms with Crippen LogP contribution in [-0.2, 0) is 18.6 Å². The van der Waals surface area contributed by atoms with E-state index in [2.05, 4.69) is 77.0 Å². The Morgan fingerprint density at radius 3 is 2.80 bits per heavy atom. The molecular weight excluding hydrogens is 397 g/mol. The average Bonchev–Trinajstić information content (AvgIpc) is 2.90. The van der Waals surface area contributed by atoms with Crippen molar-refractivity contribution in [1.29, 1.82) is 0 Å². The zero-order valence-corrected chi connectivity index (χ0v) is 15.3. The van der Waals surface area contributed by atoms with Gasteiger partial charge in [0.25, 0.3) is 0 Å². The van der Waals surface area contributed by atoms with Crippen molar-refractivity contribution in [2.45, 2.75) is 24.6 Å². The Hall–Kier alpha value is -0.0400. The SMILES string of the molecule is CNC(Cc1ccc(I)cc1)c1cc2c(s1)CCSC2. The van der Waals surface area contributed by atoms with Gasteiger partial charge in [-0.05, 0) is 77.6 Å². The summed E-state index contributed by atoms with van der Waals surface area (Å²) in [5.41, 5.74) is 2.98. The molecule has 3 rings (SSSR count). The third kappa shape index (κ3) is 3.40. The minimum absolute atomic E-state index is 0.440. The number of fused-ring (bicyclic) bond motifs is 1. The summed E-state index contributed by atoms with van der Waals surface area (Å²) in [6.07, 6.45) is 2.32. The molecule has 0 saturated heterocycles. The van der Waals surface area contributed by atoms with Crippen LogP contribution in [0.1, 0.15) is 26.9 Å². The van der Waals surface area contributed by atoms with Gasteiger partial charge in [-0.25, -0.2) is 0 Å². The van der Waals surface area contributed by atoms with Crippen molar-refractivity contribution in [3.63, 3.8) is 0 Å². The molecule has 0 amide bonds. The Morgan fingerprint density at radius 2 is 2.10 bits per heavy atom. The first kappa shape index (κ1) is 14.9. The maximum absolute atomic E-state index is 3.49. The smallest absolute Gasteiger partial charge is 0.0453 e. The van der Waals surface area contributed by atoms with Gasteiger partial charge in [0.05, 0.1) is 0 Å². The van der Waals surface area contributed by atoms with Crippen LogP contribution in [0.3, 0.4) is 0 Å². The number of rotatable bonds is 4. The van der Waals surface area contributed by atoms with Crippen LogP contribution >= 0.6 is 45.7 Å². The molecule has 20 heavy (non-hydrogen) atoms. The van der Waals surface area contributed by atoms with Crippen LogP contribution in [0.15, 0.2) is 30.3 Å². The molecule has 1 atom stereocenters. The molecule has 1 aromatic carbocycles. The molecule has 0 spiro atoms. The lowest BCUT2D eigenvalue weighted by Crippen LogP contribution is -2.17. The predicted molar refractivity (Wildman–Crippen MR) is 98.8 cm³/mol. The minimum Gasteiger partial charge on any atom is -0.312 e. The molecule has 1 unspecified atom stereocenters. The topological polar surface area (TPSA) is 12.0 Å². The lowest BCUT2D eigenvalue weighted by atomic mass is 10.0. The summed E-state index contributed by atoms with van der Waals surface area (Å²) in [4.78, 5) is 3.11. The van der Waals surface area contributed by atoms with Gasteiger partial charge in [-0.15, -0.1) is 11.3 Å². The first-order chi connectivity index (χ1) is 9.76. The van der Waals surface area contributed by atoms with Crippen molar-refractivity contribution in [3.8, 4) is 0 Å². The normalized spacial score (nSPS) is 15.9. The Labute approximate surface area is 142 Å². The number of halogens is 1. The van der Waals surface area contributed by atoms with Gasteiger partial charge in [-0.3, -0.25) is 0 Å². The number of aryl methyl sites for hydroxylation is 1. The van der Waals surface area contributed by atoms with Crippen molar-refractivity contribution >= 4 is 45.7 Å². The van der Waals surface area contributed by atoms with E-state index in [9.17, 15) is 0 Å². The lowest BCUT2D eigenvalue weighted by molar-refractivity contribution is 0.602. The fourth-order valence-corrected chi connectivity index (χ4v) is 5.39. The average molecular weight is 415 g/mol. The number of thioether (sulfide) groups is 1. The van der Waals surface area contributed by atoms with E-state index in [1.54, 1.807) is 10.4 Å². The Balaban J connectivity index is 1.79. The van der Waals surface area contributed by atoms with E-state index >= 15 is 0 Å². The number of thiophene rings is 1. The second kappa shape index (κ2) is 6.81. The first-order valence-corrected chi connectivity index (χ1v) is 9.92. The third-order valence-corrected chi connectivity index (χ3v) is 6.77. The summed E-state index contributed by atoms with van der Waals surface area (Å²) in [5.74, 6) is 2.49. The second-order valence-corrected chi connectivity index (χ2v) is 8.59. The maximum Gasteiger partial charge on any atom is 0.0453 e. The summed E-state index contributed by atoms with van der Waals surface area (Å²) in [5, 5.41) is 3.49. The number of nitrogens with one attached hydrogen (secondary N) is 1. The predicted octanol–water partition coefficient (Wildman–Crippen LogP) is 4.65. The molecule has 4 heteroatoms. The van der Waals surface area contributed by atoms with Gasteiger partial charge in [-0.1, -0.05) is 12.1 Å². The molecule has 106 valence electrons. The molecule has 2 heterocycles. The zero-order valence-electron chi connectivity index (χ0n) is 11.5. The number of benzene rings is 1. The standard InChI is InChI=1S/C16H18INS2/c1-18-14(8-11-2-4-13(17)5-3-11)16-9-12-10-19-7-6-15(12)20-16/h2-5,9,14,18H,6-8,10H2,1H3. The molecule has 1 N–H and O–H groups in total. The van der Waals surface area contributed by atoms with Gasteiger partial charge in [0.1, 0.15) is 0 Å². The van der Waals surface area contributed by atoms with E-state index in [0.29, 0.717) is 6.04 Å². The monoisotopic (exact) mass is 415 g/mol. The summed E-state index contributed by atoms with van der Waals surface area (Å²) in [6, 6.07) is 11.7. The maximum atomic E-state index is 3.49. The minimum atomic E-state index is 0.440. The van der Waals surface area contributed by atoms with E-state index in [1.807, 2.05) is 11.3 Å². The van der Waals surface area contributed by atoms with Crippen LogP contribution in [-0.4, -0.2) is 12.8 Å². The quantitative estimate of drug-likeness (QED) is 0.730. The van der Waals surface area contributed by atoms with Crippen molar-refractivity contribution in [1.82, 2.24) is 5.32 Å². The zero-order chi connectivity index (χ0) is 13.9. The molecule has 2 aromatic rings. The highest BCUT2D eigenvalue weighted by molar-refractivity contribution is 14.1. The third-order valence-electron chi connectivity index (χ3n) is 3.69. The van der Waals surface area contributed by atoms with Gasteiger partial charge in [-0.2, -0.15) is 11.8 Å². The fraction of sp³-hybridized carbons (Fsp3) is 0.375. The van der Waals surface area contributed by atoms with Crippen LogP contribution in [0, 0.1) is 3.57 Å². The molecule has 0 bridgehead atoms. The van der Waals surface area contributed by atoms with E-state index in [0.717, 1.165) is 6.42 Å². The summed E-state index contributed by atoms with van der Waals surface area (Å²) < 4.78 is 1.30. The summed E-state index contributed by atoms with van der Waals surface area (Å²) in [6.45, 7) is 0. The Morgan fingerprint density at radius 1 is 1.30 bits per heavy atom. The summed E-state index contributed by atoms with van der Waals surface area (Å²) in [7, 11) is 2.07. The van der Waals surface area contributed by atoms with Crippen LogP contribution in [0.4, 0.5) is 0 Å². The van der Waals surface area contributed by atoms with E-state index < -0.39 is 0 Å². The highest BCUT2D eigenvalue weighted by Gasteiger charge is 2.18. The van der Waals surface area contributed by atoms with Crippen molar-refractivity contribution in [2.75, 3.05) is 12.8 Å². The summed E-state index contributed by atoms with van der Waals surface area (Å²) >= 11 is 6.43. The number of hydrogen-bond acceptors (Lipinski definition) is 3. The highest BCUT2D eigenvalue weighted by atomic mass is 127. The molecule has 0 radical (unpaired) electrons. The molecule has 0 aliphatic carbocycles. The molecule has 1 aliphatic rings. The molecular formula is C16H18INS2. The number of likely N-dealkylation sites (N-methyl/N-ethyl adjacent to an activating group) is 1. The van der Waals surface area contributed by atoms with Gasteiger partial charge in [0.2, 0.25) is 0 Å². The Kier molecular flexibility index (Phi) is 5.07. The first-order valence-electron chi connectivity index (χ1n) is 6.87. The largest absolute Gasteiger partial charge is 0.312 e. The molecule has 1 aromatic heterocycles. The van der Waals surface area contributed by atoms with Crippen molar-refractivity contribution < 1.29 is 0 Å². The molecule has 1 aliphatic heterocycles. The fourth-order valence-electron chi connectivity index (χ4n) is 2.54. The van der Waals surface area contributed by atoms with E-state index in [1.165, 1.54) is 31.9 Å². The number of hydrogen-bond donors (Lipinski definition) is 1. The van der Waals surface area contributed by atoms with Crippen molar-refractivity contribution in [2.24, 2.45) is 0 Å².